The van der Waals surface area contributed by atoms with Crippen molar-refractivity contribution in [2.24, 2.45) is 5.92 Å². The summed E-state index contributed by atoms with van der Waals surface area (Å²) in [5.74, 6) is 0.848. The van der Waals surface area contributed by atoms with Crippen LogP contribution in [0.25, 0.3) is 10.9 Å². The molecule has 1 aromatic heterocycles. The number of rotatable bonds is 6. The van der Waals surface area contributed by atoms with Crippen molar-refractivity contribution in [2.45, 2.75) is 12.8 Å². The third-order valence-electron chi connectivity index (χ3n) is 6.20. The van der Waals surface area contributed by atoms with Crippen molar-refractivity contribution in [1.82, 2.24) is 14.8 Å². The molecule has 3 aromatic rings. The molecule has 0 bridgehead atoms. The molecule has 0 spiro atoms. The summed E-state index contributed by atoms with van der Waals surface area (Å²) in [6, 6.07) is 15.9. The molecule has 0 radical (unpaired) electrons. The largest absolute Gasteiger partial charge is 0.755 e. The Morgan fingerprint density at radius 3 is 2.10 bits per heavy atom. The first-order valence-electron chi connectivity index (χ1n) is 11.6. The van der Waals surface area contributed by atoms with Crippen LogP contribution < -0.4 is 4.31 Å². The number of carbonyl (C=O) groups is 1. The quantitative estimate of drug-likeness (QED) is 0.289. The van der Waals surface area contributed by atoms with Crippen LogP contribution in [0, 0.1) is 5.92 Å². The third-order valence-corrected chi connectivity index (χ3v) is 6.91. The maximum Gasteiger partial charge on any atom is 0.394 e. The second-order valence-corrected chi connectivity index (χ2v) is 10.6. The van der Waals surface area contributed by atoms with Gasteiger partial charge in [-0.15, -0.1) is 0 Å². The number of para-hydroxylation sites is 1. The maximum atomic E-state index is 13.0. The summed E-state index contributed by atoms with van der Waals surface area (Å²) in [5.41, 5.74) is 2.10. The molecule has 1 unspecified atom stereocenters. The van der Waals surface area contributed by atoms with Crippen LogP contribution in [0.2, 0.25) is 0 Å². The molecule has 2 aromatic carbocycles. The number of nitrogens with zero attached hydrogens (tertiary/aromatic N) is 4. The third kappa shape index (κ3) is 9.54. The Morgan fingerprint density at radius 1 is 0.975 bits per heavy atom. The summed E-state index contributed by atoms with van der Waals surface area (Å²) >= 11 is -2.54. The van der Waals surface area contributed by atoms with E-state index < -0.39 is 21.7 Å². The molecule has 8 N–H and O–H groups in total. The molecule has 16 heteroatoms. The number of amides is 1. The molecule has 1 amide bonds. The summed E-state index contributed by atoms with van der Waals surface area (Å²) in [7, 11) is -4.67. The number of carbonyl (C=O) groups excluding carboxylic acids is 1. The lowest BCUT2D eigenvalue weighted by Crippen LogP contribution is -2.49. The van der Waals surface area contributed by atoms with Gasteiger partial charge in [0.2, 0.25) is 0 Å². The molecule has 1 saturated heterocycles. The first kappa shape index (κ1) is 35.0. The van der Waals surface area contributed by atoms with Gasteiger partial charge in [0.05, 0.1) is 28.2 Å². The molecular formula is C24H33N4O10S2-. The van der Waals surface area contributed by atoms with E-state index in [0.29, 0.717) is 22.5 Å². The standard InChI is InChI=1S/C24H26N4O3S.H2O4S.3H2O/c29-24(27-15-13-26(14-16-27)17-18-6-7-18)20-8-10-21(11-9-20)28(32(30)31)22-5-1-3-19-4-2-12-25-23(19)22;1-5(2,3)4;;;/h1-5,8-12,18H,6-7,13-17H2,(H,30,31);(H2,1,2,3,4);3*1H2/p-1. The molecular weight excluding hydrogens is 568 g/mol. The molecule has 2 aliphatic rings. The van der Waals surface area contributed by atoms with Gasteiger partial charge in [-0.05, 0) is 55.2 Å². The van der Waals surface area contributed by atoms with Gasteiger partial charge in [0, 0.05) is 49.9 Å². The zero-order chi connectivity index (χ0) is 26.6. The molecule has 5 rings (SSSR count). The van der Waals surface area contributed by atoms with E-state index in [9.17, 15) is 13.6 Å². The van der Waals surface area contributed by atoms with Gasteiger partial charge in [-0.3, -0.25) is 32.3 Å². The van der Waals surface area contributed by atoms with Crippen molar-refractivity contribution in [3.8, 4) is 0 Å². The van der Waals surface area contributed by atoms with Crippen molar-refractivity contribution >= 4 is 49.9 Å². The number of piperazine rings is 1. The average molecular weight is 602 g/mol. The fourth-order valence-corrected chi connectivity index (χ4v) is 4.88. The van der Waals surface area contributed by atoms with E-state index in [-0.39, 0.29) is 22.3 Å². The normalized spacial score (nSPS) is 15.8. The van der Waals surface area contributed by atoms with Crippen LogP contribution in [0.4, 0.5) is 11.4 Å². The number of benzene rings is 2. The van der Waals surface area contributed by atoms with Gasteiger partial charge >= 0.3 is 10.4 Å². The van der Waals surface area contributed by atoms with Crippen LogP contribution >= 0.6 is 0 Å². The van der Waals surface area contributed by atoms with Crippen LogP contribution in [0.15, 0.2) is 60.8 Å². The van der Waals surface area contributed by atoms with E-state index in [1.165, 1.54) is 17.1 Å². The van der Waals surface area contributed by atoms with Crippen LogP contribution in [0.1, 0.15) is 23.2 Å². The molecule has 14 nitrogen and oxygen atoms in total. The summed E-state index contributed by atoms with van der Waals surface area (Å²) in [4.78, 5) is 21.7. The fourth-order valence-electron chi connectivity index (χ4n) is 4.28. The molecule has 2 heterocycles. The minimum atomic E-state index is -4.67. The van der Waals surface area contributed by atoms with Gasteiger partial charge in [-0.1, -0.05) is 18.2 Å². The Morgan fingerprint density at radius 2 is 1.55 bits per heavy atom. The molecule has 2 fully saturated rings. The van der Waals surface area contributed by atoms with Crippen LogP contribution in [0.3, 0.4) is 0 Å². The first-order valence-corrected chi connectivity index (χ1v) is 14.1. The molecule has 1 saturated carbocycles. The van der Waals surface area contributed by atoms with Gasteiger partial charge in [0.25, 0.3) is 5.91 Å². The lowest BCUT2D eigenvalue weighted by molar-refractivity contribution is 0.0632. The monoisotopic (exact) mass is 601 g/mol. The van der Waals surface area contributed by atoms with Gasteiger partial charge < -0.3 is 25.9 Å². The highest BCUT2D eigenvalue weighted by Gasteiger charge is 2.28. The van der Waals surface area contributed by atoms with E-state index in [1.807, 2.05) is 23.1 Å². The van der Waals surface area contributed by atoms with Crippen LogP contribution in [0.5, 0.6) is 0 Å². The van der Waals surface area contributed by atoms with Gasteiger partial charge in [0.15, 0.2) is 0 Å². The number of hydrogen-bond donors (Lipinski definition) is 2. The Kier molecular flexibility index (Phi) is 13.2. The Bertz CT molecular complexity index is 1370. The summed E-state index contributed by atoms with van der Waals surface area (Å²) in [6.07, 6.45) is 4.32. The minimum Gasteiger partial charge on any atom is -0.755 e. The number of pyridine rings is 1. The van der Waals surface area contributed by atoms with E-state index in [0.717, 1.165) is 44.0 Å². The van der Waals surface area contributed by atoms with Crippen molar-refractivity contribution in [1.29, 1.82) is 0 Å². The van der Waals surface area contributed by atoms with E-state index >= 15 is 0 Å². The highest BCUT2D eigenvalue weighted by atomic mass is 32.3. The summed E-state index contributed by atoms with van der Waals surface area (Å²) in [5, 5.41) is 0.855. The lowest BCUT2D eigenvalue weighted by atomic mass is 10.1. The van der Waals surface area contributed by atoms with E-state index in [1.54, 1.807) is 42.6 Å². The van der Waals surface area contributed by atoms with Gasteiger partial charge in [-0.25, -0.2) is 0 Å². The van der Waals surface area contributed by atoms with Crippen molar-refractivity contribution in [3.05, 3.63) is 66.4 Å². The van der Waals surface area contributed by atoms with E-state index in [2.05, 4.69) is 9.88 Å². The average Bonchev–Trinajstić information content (AvgIpc) is 3.68. The SMILES string of the molecule is O.O.O.O=C(c1ccc(N(c2cccc3cccnc23)S(=O)[O-])cc1)N1CCN(CC2CC2)CC1.O=S(=O)(O)O. The number of fused-ring (bicyclic) bond motifs is 1. The minimum absolute atomic E-state index is 0. The Balaban J connectivity index is 0.000000923. The molecule has 222 valence electrons. The number of anilines is 2. The van der Waals surface area contributed by atoms with Crippen LogP contribution in [-0.4, -0.2) is 96.1 Å². The summed E-state index contributed by atoms with van der Waals surface area (Å²) < 4.78 is 57.1. The zero-order valence-corrected chi connectivity index (χ0v) is 23.0. The Labute approximate surface area is 234 Å². The van der Waals surface area contributed by atoms with Gasteiger partial charge in [0.1, 0.15) is 0 Å². The summed E-state index contributed by atoms with van der Waals surface area (Å²) in [6.45, 7) is 4.44. The zero-order valence-electron chi connectivity index (χ0n) is 21.3. The number of hydrogen-bond acceptors (Lipinski definition) is 7. The van der Waals surface area contributed by atoms with Crippen molar-refractivity contribution < 1.29 is 47.5 Å². The molecule has 1 aliphatic carbocycles. The molecule has 1 atom stereocenters. The molecule has 1 aliphatic heterocycles. The predicted octanol–water partition coefficient (Wildman–Crippen LogP) is 0.208. The number of aromatic nitrogens is 1. The topological polar surface area (TPSA) is 249 Å². The highest BCUT2D eigenvalue weighted by Crippen LogP contribution is 2.33. The predicted molar refractivity (Wildman–Crippen MR) is 149 cm³/mol. The smallest absolute Gasteiger partial charge is 0.394 e. The van der Waals surface area contributed by atoms with Crippen molar-refractivity contribution in [3.63, 3.8) is 0 Å². The fraction of sp³-hybridized carbons (Fsp3) is 0.333. The van der Waals surface area contributed by atoms with E-state index in [4.69, 9.17) is 17.5 Å². The molecule has 40 heavy (non-hydrogen) atoms. The maximum absolute atomic E-state index is 13.0. The van der Waals surface area contributed by atoms with Gasteiger partial charge in [-0.2, -0.15) is 8.42 Å². The second kappa shape index (κ2) is 15.1. The first-order chi connectivity index (χ1) is 17.6. The Hall–Kier alpha value is -3.06. The highest BCUT2D eigenvalue weighted by molar-refractivity contribution is 7.81. The lowest BCUT2D eigenvalue weighted by Gasteiger charge is -2.35. The second-order valence-electron chi connectivity index (χ2n) is 8.89. The van der Waals surface area contributed by atoms with Crippen LogP contribution in [-0.2, 0) is 21.7 Å². The van der Waals surface area contributed by atoms with Crippen molar-refractivity contribution in [2.75, 3.05) is 37.0 Å².